The number of aromatic nitrogens is 3. The molecule has 0 unspecified atom stereocenters. The molecule has 272 valence electrons. The van der Waals surface area contributed by atoms with E-state index in [1.165, 1.54) is 0 Å². The van der Waals surface area contributed by atoms with Crippen molar-refractivity contribution in [1.29, 1.82) is 0 Å². The normalized spacial score (nSPS) is 13.0. The van der Waals surface area contributed by atoms with Crippen molar-refractivity contribution < 1.29 is 28.5 Å². The van der Waals surface area contributed by atoms with Crippen molar-refractivity contribution >= 4 is 57.0 Å². The van der Waals surface area contributed by atoms with Crippen LogP contribution in [0, 0.1) is 13.8 Å². The predicted molar refractivity (Wildman–Crippen MR) is 200 cm³/mol. The number of aryl methyl sites for hydroxylation is 1. The predicted octanol–water partition coefficient (Wildman–Crippen LogP) is 8.37. The summed E-state index contributed by atoms with van der Waals surface area (Å²) in [6.45, 7) is 24.6. The van der Waals surface area contributed by atoms with E-state index in [1.807, 2.05) is 18.5 Å². The molecular weight excluding hydrogens is 689 g/mol. The van der Waals surface area contributed by atoms with Crippen LogP contribution in [0.3, 0.4) is 0 Å². The fraction of sp³-hybridized carbons (Fsp3) is 0.697. The number of nitrogens with zero attached hydrogens (tertiary/aromatic N) is 3. The molecule has 2 N–H and O–H groups in total. The minimum Gasteiger partial charge on any atom is -0.465 e. The van der Waals surface area contributed by atoms with Crippen LogP contribution in [0.5, 0.6) is 5.75 Å². The molecule has 0 fully saturated rings. The summed E-state index contributed by atoms with van der Waals surface area (Å²) in [6, 6.07) is 2.88. The number of alkyl halides is 2. The fourth-order valence-electron chi connectivity index (χ4n) is 4.47. The molecule has 2 amide bonds. The summed E-state index contributed by atoms with van der Waals surface area (Å²) in [5, 5.41) is 10.3. The van der Waals surface area contributed by atoms with Crippen LogP contribution in [-0.4, -0.2) is 79.4 Å². The Balaban J connectivity index is 2.35. The summed E-state index contributed by atoms with van der Waals surface area (Å²) in [5.74, 6) is -0.0148. The Morgan fingerprint density at radius 3 is 2.19 bits per heavy atom. The van der Waals surface area contributed by atoms with Crippen molar-refractivity contribution in [3.05, 3.63) is 23.7 Å². The fourth-order valence-corrected chi connectivity index (χ4v) is 6.29. The summed E-state index contributed by atoms with van der Waals surface area (Å²) in [7, 11) is -2.50. The van der Waals surface area contributed by atoms with E-state index in [0.29, 0.717) is 56.3 Å². The molecule has 0 aliphatic carbocycles. The molecule has 1 atom stereocenters. The first-order valence-electron chi connectivity index (χ1n) is 16.6. The molecule has 15 heteroatoms. The van der Waals surface area contributed by atoms with E-state index in [4.69, 9.17) is 52.2 Å². The second-order valence-electron chi connectivity index (χ2n) is 15.5. The van der Waals surface area contributed by atoms with Gasteiger partial charge in [-0.1, -0.05) is 39.3 Å². The van der Waals surface area contributed by atoms with Crippen LogP contribution in [0.4, 0.5) is 10.5 Å². The zero-order chi connectivity index (χ0) is 36.3. The number of carbonyl (C=O) groups excluding carboxylic acids is 2. The average Bonchev–Trinajstić information content (AvgIpc) is 3.20. The molecule has 0 bridgehead atoms. The number of hydrogen-bond donors (Lipinski definition) is 2. The van der Waals surface area contributed by atoms with Gasteiger partial charge in [0.25, 0.3) is 0 Å². The Bertz CT molecular complexity index is 1340. The van der Waals surface area contributed by atoms with Crippen LogP contribution in [0.2, 0.25) is 51.4 Å². The molecule has 2 rings (SSSR count). The number of rotatable bonds is 19. The zero-order valence-corrected chi connectivity index (χ0v) is 34.2. The molecule has 0 saturated carbocycles. The van der Waals surface area contributed by atoms with Gasteiger partial charge in [-0.15, -0.1) is 23.2 Å². The summed E-state index contributed by atoms with van der Waals surface area (Å²) in [5.41, 5.74) is 2.71. The van der Waals surface area contributed by atoms with Crippen LogP contribution in [0.15, 0.2) is 12.3 Å². The minimum atomic E-state index is -1.28. The molecule has 2 heterocycles. The van der Waals surface area contributed by atoms with Gasteiger partial charge in [0.15, 0.2) is 12.5 Å². The third-order valence-electron chi connectivity index (χ3n) is 7.17. The van der Waals surface area contributed by atoms with Gasteiger partial charge >= 0.3 is 6.09 Å². The molecule has 48 heavy (non-hydrogen) atoms. The van der Waals surface area contributed by atoms with Crippen molar-refractivity contribution in [1.82, 2.24) is 20.1 Å². The third kappa shape index (κ3) is 16.0. The summed E-state index contributed by atoms with van der Waals surface area (Å²) >= 11 is 11.8. The molecular formula is C33H57Cl2N5O6Si2. The molecule has 0 aliphatic heterocycles. The second kappa shape index (κ2) is 18.7. The van der Waals surface area contributed by atoms with Gasteiger partial charge in [0.2, 0.25) is 5.91 Å². The smallest absolute Gasteiger partial charge is 0.408 e. The van der Waals surface area contributed by atoms with Gasteiger partial charge in [0.05, 0.1) is 17.6 Å². The lowest BCUT2D eigenvalue weighted by Gasteiger charge is -2.23. The molecule has 11 nitrogen and oxygen atoms in total. The quantitative estimate of drug-likeness (QED) is 0.0636. The van der Waals surface area contributed by atoms with Gasteiger partial charge in [-0.2, -0.15) is 5.10 Å². The van der Waals surface area contributed by atoms with Gasteiger partial charge in [-0.05, 0) is 66.0 Å². The van der Waals surface area contributed by atoms with E-state index in [-0.39, 0.29) is 6.79 Å². The van der Waals surface area contributed by atoms with Gasteiger partial charge < -0.3 is 29.6 Å². The van der Waals surface area contributed by atoms with Crippen molar-refractivity contribution in [3.63, 3.8) is 0 Å². The highest BCUT2D eigenvalue weighted by Gasteiger charge is 2.26. The van der Waals surface area contributed by atoms with Crippen LogP contribution in [0.1, 0.15) is 51.4 Å². The van der Waals surface area contributed by atoms with Crippen molar-refractivity contribution in [2.75, 3.05) is 25.3 Å². The standard InChI is InChI=1S/C33H57Cl2N5O6Si2/c1-23-29(24(2)40(39-23)21-43-15-17-47(6,7)8)30-27(45-22-44-16-18-48(9,10)11)19-25(20-36-30)37-31(41)26(13-12-14-28(34)35)38-32(42)46-33(3,4)5/h19-20,26,28H,12-18,21-22H2,1-11H3,(H,37,41)(H,38,42)/t26-/m0/s1. The number of anilines is 1. The number of carbonyl (C=O) groups is 2. The van der Waals surface area contributed by atoms with Crippen LogP contribution >= 0.6 is 23.2 Å². The first-order valence-corrected chi connectivity index (χ1v) is 24.8. The largest absolute Gasteiger partial charge is 0.465 e. The van der Waals surface area contributed by atoms with Gasteiger partial charge in [-0.3, -0.25) is 9.78 Å². The van der Waals surface area contributed by atoms with E-state index in [1.54, 1.807) is 33.0 Å². The van der Waals surface area contributed by atoms with E-state index in [9.17, 15) is 9.59 Å². The molecule has 0 saturated heterocycles. The van der Waals surface area contributed by atoms with Gasteiger partial charge in [0.1, 0.15) is 28.9 Å². The molecule has 0 spiro atoms. The number of nitrogens with one attached hydrogen (secondary N) is 2. The van der Waals surface area contributed by atoms with Crippen molar-refractivity contribution in [2.45, 2.75) is 128 Å². The summed E-state index contributed by atoms with van der Waals surface area (Å²) in [4.78, 5) is 30.2. The van der Waals surface area contributed by atoms with Gasteiger partial charge in [-0.25, -0.2) is 9.48 Å². The minimum absolute atomic E-state index is 0.0173. The number of alkyl carbamates (subject to hydrolysis) is 1. The SMILES string of the molecule is Cc1nn(COCC[Si](C)(C)C)c(C)c1-c1ncc(NC(=O)[C@H](CCCC(Cl)Cl)NC(=O)OC(C)(C)C)cc1OCOCC[Si](C)(C)C. The van der Waals surface area contributed by atoms with E-state index in [2.05, 4.69) is 49.9 Å². The average molecular weight is 747 g/mol. The maximum Gasteiger partial charge on any atom is 0.408 e. The Labute approximate surface area is 299 Å². The topological polar surface area (TPSA) is 126 Å². The maximum atomic E-state index is 13.5. The Kier molecular flexibility index (Phi) is 16.4. The molecule has 2 aromatic heterocycles. The number of amides is 2. The summed E-state index contributed by atoms with van der Waals surface area (Å²) in [6.07, 6.45) is 2.14. The summed E-state index contributed by atoms with van der Waals surface area (Å²) < 4.78 is 25.2. The van der Waals surface area contributed by atoms with E-state index in [0.717, 1.165) is 29.0 Å². The number of halogens is 2. The Morgan fingerprint density at radius 1 is 0.979 bits per heavy atom. The van der Waals surface area contributed by atoms with Crippen LogP contribution in [0.25, 0.3) is 11.3 Å². The van der Waals surface area contributed by atoms with Crippen LogP contribution in [-0.2, 0) is 25.7 Å². The number of hydrogen-bond acceptors (Lipinski definition) is 8. The lowest BCUT2D eigenvalue weighted by atomic mass is 10.1. The highest BCUT2D eigenvalue weighted by atomic mass is 35.5. The number of ether oxygens (including phenoxy) is 4. The monoisotopic (exact) mass is 745 g/mol. The van der Waals surface area contributed by atoms with E-state index < -0.39 is 44.6 Å². The Hall–Kier alpha value is -2.17. The lowest BCUT2D eigenvalue weighted by Crippen LogP contribution is -2.45. The van der Waals surface area contributed by atoms with Crippen LogP contribution < -0.4 is 15.4 Å². The van der Waals surface area contributed by atoms with Crippen molar-refractivity contribution in [3.8, 4) is 17.0 Å². The first kappa shape index (κ1) is 42.0. The van der Waals surface area contributed by atoms with Gasteiger partial charge in [0, 0.05) is 46.7 Å². The molecule has 0 aromatic carbocycles. The molecule has 2 aromatic rings. The highest BCUT2D eigenvalue weighted by Crippen LogP contribution is 2.35. The Morgan fingerprint density at radius 2 is 1.60 bits per heavy atom. The lowest BCUT2D eigenvalue weighted by molar-refractivity contribution is -0.118. The van der Waals surface area contributed by atoms with E-state index >= 15 is 0 Å². The molecule has 0 aliphatic rings. The van der Waals surface area contributed by atoms with Crippen molar-refractivity contribution in [2.24, 2.45) is 0 Å². The maximum absolute atomic E-state index is 13.5. The highest BCUT2D eigenvalue weighted by molar-refractivity contribution is 6.76. The zero-order valence-electron chi connectivity index (χ0n) is 30.7. The first-order chi connectivity index (χ1) is 22.1. The molecule has 0 radical (unpaired) electrons. The number of pyridine rings is 1. The second-order valence-corrected chi connectivity index (χ2v) is 28.0. The third-order valence-corrected chi connectivity index (χ3v) is 11.0.